The Hall–Kier alpha value is -1.07. The fraction of sp³-hybridized carbons (Fsp3) is 0.385. The van der Waals surface area contributed by atoms with Crippen molar-refractivity contribution < 1.29 is 0 Å². The average Bonchev–Trinajstić information content (AvgIpc) is 3.16. The molecule has 1 aromatic heterocycles. The van der Waals surface area contributed by atoms with E-state index in [1.807, 2.05) is 17.8 Å². The molecular formula is C13H15N3S2. The highest BCUT2D eigenvalue weighted by atomic mass is 32.2. The molecule has 3 nitrogen and oxygen atoms in total. The molecular weight excluding hydrogens is 262 g/mol. The van der Waals surface area contributed by atoms with Gasteiger partial charge in [0.05, 0.1) is 5.75 Å². The lowest BCUT2D eigenvalue weighted by Gasteiger charge is -2.04. The molecule has 94 valence electrons. The normalized spacial score (nSPS) is 14.9. The number of hydrogen-bond acceptors (Lipinski definition) is 3. The van der Waals surface area contributed by atoms with Crippen LogP contribution in [0.1, 0.15) is 30.3 Å². The molecule has 2 aromatic rings. The molecule has 1 aliphatic rings. The molecule has 18 heavy (non-hydrogen) atoms. The van der Waals surface area contributed by atoms with Crippen molar-refractivity contribution in [3.63, 3.8) is 0 Å². The van der Waals surface area contributed by atoms with Crippen molar-refractivity contribution in [1.82, 2.24) is 14.8 Å². The number of rotatable bonds is 5. The summed E-state index contributed by atoms with van der Waals surface area (Å²) in [4.78, 5) is 0. The molecule has 0 amide bonds. The van der Waals surface area contributed by atoms with Gasteiger partial charge in [-0.25, -0.2) is 0 Å². The molecule has 0 aliphatic heterocycles. The first-order valence-electron chi connectivity index (χ1n) is 6.12. The molecule has 1 saturated carbocycles. The molecule has 5 heteroatoms. The van der Waals surface area contributed by atoms with Crippen LogP contribution in [0, 0.1) is 4.77 Å². The van der Waals surface area contributed by atoms with Crippen LogP contribution in [0.4, 0.5) is 0 Å². The van der Waals surface area contributed by atoms with Crippen LogP contribution in [-0.4, -0.2) is 14.8 Å². The summed E-state index contributed by atoms with van der Waals surface area (Å²) in [5, 5.41) is 7.24. The van der Waals surface area contributed by atoms with Gasteiger partial charge in [-0.1, -0.05) is 30.3 Å². The Bertz CT molecular complexity index is 569. The third-order valence-corrected chi connectivity index (χ3v) is 4.32. The van der Waals surface area contributed by atoms with E-state index in [1.54, 1.807) is 0 Å². The highest BCUT2D eigenvalue weighted by molar-refractivity contribution is 7.97. The van der Waals surface area contributed by atoms with Crippen LogP contribution in [0.5, 0.6) is 0 Å². The summed E-state index contributed by atoms with van der Waals surface area (Å²) in [5.74, 6) is 3.02. The van der Waals surface area contributed by atoms with E-state index in [-0.39, 0.29) is 0 Å². The first-order chi connectivity index (χ1) is 8.84. The summed E-state index contributed by atoms with van der Waals surface area (Å²) >= 11 is 7.15. The standard InChI is InChI=1S/C13H15N3S2/c17-13-15-14-12(16(13)11-6-7-11)9-18-8-10-4-2-1-3-5-10/h1-5,11H,6-9H2,(H,15,17). The summed E-state index contributed by atoms with van der Waals surface area (Å²) in [6.45, 7) is 0. The Morgan fingerprint density at radius 3 is 2.78 bits per heavy atom. The van der Waals surface area contributed by atoms with E-state index in [1.165, 1.54) is 18.4 Å². The Morgan fingerprint density at radius 2 is 2.06 bits per heavy atom. The van der Waals surface area contributed by atoms with E-state index in [0.29, 0.717) is 6.04 Å². The predicted octanol–water partition coefficient (Wildman–Crippen LogP) is 3.71. The Balaban J connectivity index is 1.62. The Labute approximate surface area is 116 Å². The van der Waals surface area contributed by atoms with Gasteiger partial charge in [0.15, 0.2) is 4.77 Å². The number of aromatic nitrogens is 3. The van der Waals surface area contributed by atoms with Gasteiger partial charge in [0.1, 0.15) is 5.82 Å². The second kappa shape index (κ2) is 5.28. The molecule has 1 N–H and O–H groups in total. The fourth-order valence-electron chi connectivity index (χ4n) is 1.98. The zero-order valence-corrected chi connectivity index (χ0v) is 11.6. The molecule has 0 spiro atoms. The smallest absolute Gasteiger partial charge is 0.195 e. The minimum Gasteiger partial charge on any atom is -0.300 e. The van der Waals surface area contributed by atoms with Gasteiger partial charge in [-0.3, -0.25) is 5.10 Å². The molecule has 0 bridgehead atoms. The molecule has 0 unspecified atom stereocenters. The third-order valence-electron chi connectivity index (χ3n) is 3.03. The van der Waals surface area contributed by atoms with Crippen LogP contribution < -0.4 is 0 Å². The maximum Gasteiger partial charge on any atom is 0.195 e. The third kappa shape index (κ3) is 2.67. The predicted molar refractivity (Wildman–Crippen MR) is 77.1 cm³/mol. The van der Waals surface area contributed by atoms with Gasteiger partial charge in [0, 0.05) is 11.8 Å². The van der Waals surface area contributed by atoms with Crippen molar-refractivity contribution in [2.24, 2.45) is 0 Å². The minimum absolute atomic E-state index is 0.601. The van der Waals surface area contributed by atoms with E-state index in [2.05, 4.69) is 39.0 Å². The zero-order chi connectivity index (χ0) is 12.4. The van der Waals surface area contributed by atoms with Crippen LogP contribution in [0.15, 0.2) is 30.3 Å². The average molecular weight is 277 g/mol. The van der Waals surface area contributed by atoms with E-state index < -0.39 is 0 Å². The van der Waals surface area contributed by atoms with Gasteiger partial charge < -0.3 is 4.57 Å². The molecule has 1 aromatic carbocycles. The van der Waals surface area contributed by atoms with Crippen LogP contribution in [-0.2, 0) is 11.5 Å². The number of thioether (sulfide) groups is 1. The molecule has 1 heterocycles. The maximum absolute atomic E-state index is 5.27. The number of hydrogen-bond donors (Lipinski definition) is 1. The fourth-order valence-corrected chi connectivity index (χ4v) is 3.20. The highest BCUT2D eigenvalue weighted by Gasteiger charge is 2.26. The Morgan fingerprint density at radius 1 is 1.28 bits per heavy atom. The van der Waals surface area contributed by atoms with Crippen LogP contribution in [0.25, 0.3) is 0 Å². The lowest BCUT2D eigenvalue weighted by Crippen LogP contribution is -2.00. The van der Waals surface area contributed by atoms with E-state index in [9.17, 15) is 0 Å². The van der Waals surface area contributed by atoms with E-state index in [0.717, 1.165) is 22.1 Å². The van der Waals surface area contributed by atoms with Crippen LogP contribution >= 0.6 is 24.0 Å². The topological polar surface area (TPSA) is 33.6 Å². The summed E-state index contributed by atoms with van der Waals surface area (Å²) in [5.41, 5.74) is 1.36. The molecule has 3 rings (SSSR count). The quantitative estimate of drug-likeness (QED) is 0.846. The highest BCUT2D eigenvalue weighted by Crippen LogP contribution is 2.36. The van der Waals surface area contributed by atoms with Crippen molar-refractivity contribution >= 4 is 24.0 Å². The van der Waals surface area contributed by atoms with Gasteiger partial charge >= 0.3 is 0 Å². The largest absolute Gasteiger partial charge is 0.300 e. The van der Waals surface area contributed by atoms with Crippen molar-refractivity contribution in [3.8, 4) is 0 Å². The van der Waals surface area contributed by atoms with Gasteiger partial charge in [0.2, 0.25) is 0 Å². The van der Waals surface area contributed by atoms with Gasteiger partial charge in [-0.2, -0.15) is 5.10 Å². The zero-order valence-electron chi connectivity index (χ0n) is 10.0. The van der Waals surface area contributed by atoms with Gasteiger partial charge in [-0.05, 0) is 30.6 Å². The van der Waals surface area contributed by atoms with Crippen LogP contribution in [0.3, 0.4) is 0 Å². The van der Waals surface area contributed by atoms with E-state index in [4.69, 9.17) is 12.2 Å². The number of aromatic amines is 1. The number of nitrogens with zero attached hydrogens (tertiary/aromatic N) is 2. The number of nitrogens with one attached hydrogen (secondary N) is 1. The summed E-state index contributed by atoms with van der Waals surface area (Å²) in [6, 6.07) is 11.1. The number of H-pyrrole nitrogens is 1. The van der Waals surface area contributed by atoms with Crippen molar-refractivity contribution in [3.05, 3.63) is 46.5 Å². The van der Waals surface area contributed by atoms with Gasteiger partial charge in [-0.15, -0.1) is 11.8 Å². The van der Waals surface area contributed by atoms with E-state index >= 15 is 0 Å². The SMILES string of the molecule is S=c1[nH]nc(CSCc2ccccc2)n1C1CC1. The van der Waals surface area contributed by atoms with Gasteiger partial charge in [0.25, 0.3) is 0 Å². The molecule has 1 aliphatic carbocycles. The molecule has 0 saturated heterocycles. The van der Waals surface area contributed by atoms with Crippen molar-refractivity contribution in [1.29, 1.82) is 0 Å². The molecule has 0 atom stereocenters. The second-order valence-electron chi connectivity index (χ2n) is 4.52. The number of benzene rings is 1. The maximum atomic E-state index is 5.27. The molecule has 1 fully saturated rings. The lowest BCUT2D eigenvalue weighted by molar-refractivity contribution is 0.697. The first kappa shape index (κ1) is 12.0. The summed E-state index contributed by atoms with van der Waals surface area (Å²) in [7, 11) is 0. The van der Waals surface area contributed by atoms with Crippen molar-refractivity contribution in [2.75, 3.05) is 0 Å². The summed E-state index contributed by atoms with van der Waals surface area (Å²) in [6.07, 6.45) is 2.48. The lowest BCUT2D eigenvalue weighted by atomic mass is 10.2. The molecule has 0 radical (unpaired) electrons. The second-order valence-corrected chi connectivity index (χ2v) is 5.90. The first-order valence-corrected chi connectivity index (χ1v) is 7.68. The summed E-state index contributed by atoms with van der Waals surface area (Å²) < 4.78 is 2.96. The monoisotopic (exact) mass is 277 g/mol. The van der Waals surface area contributed by atoms with Crippen LogP contribution in [0.2, 0.25) is 0 Å². The Kier molecular flexibility index (Phi) is 3.52. The van der Waals surface area contributed by atoms with Crippen molar-refractivity contribution in [2.45, 2.75) is 30.4 Å². The minimum atomic E-state index is 0.601.